The summed E-state index contributed by atoms with van der Waals surface area (Å²) in [5.41, 5.74) is 0.211. The van der Waals surface area contributed by atoms with Gasteiger partial charge >= 0.3 is 6.09 Å². The maximum Gasteiger partial charge on any atom is 0.408 e. The van der Waals surface area contributed by atoms with E-state index in [0.717, 1.165) is 6.42 Å². The van der Waals surface area contributed by atoms with Crippen molar-refractivity contribution in [1.29, 1.82) is 0 Å². The van der Waals surface area contributed by atoms with Gasteiger partial charge in [-0.3, -0.25) is 4.79 Å². The minimum Gasteiger partial charge on any atom is -0.491 e. The quantitative estimate of drug-likeness (QED) is 0.480. The maximum atomic E-state index is 13.2. The molecule has 1 N–H and O–H groups in total. The van der Waals surface area contributed by atoms with E-state index in [1.807, 2.05) is 13.8 Å². The van der Waals surface area contributed by atoms with E-state index < -0.39 is 17.7 Å². The Kier molecular flexibility index (Phi) is 8.16. The molecular formula is C23H27Cl2NO4. The number of carbonyl (C=O) groups is 2. The second-order valence-electron chi connectivity index (χ2n) is 7.98. The van der Waals surface area contributed by atoms with E-state index in [0.29, 0.717) is 21.9 Å². The van der Waals surface area contributed by atoms with E-state index in [9.17, 15) is 9.59 Å². The molecule has 2 unspecified atom stereocenters. The highest BCUT2D eigenvalue weighted by atomic mass is 35.5. The van der Waals surface area contributed by atoms with Gasteiger partial charge in [-0.1, -0.05) is 36.2 Å². The molecule has 0 aromatic heterocycles. The Labute approximate surface area is 187 Å². The van der Waals surface area contributed by atoms with Crippen LogP contribution < -0.4 is 10.1 Å². The monoisotopic (exact) mass is 451 g/mol. The van der Waals surface area contributed by atoms with Crippen LogP contribution in [0.25, 0.3) is 0 Å². The van der Waals surface area contributed by atoms with Gasteiger partial charge in [0.1, 0.15) is 17.4 Å². The van der Waals surface area contributed by atoms with Crippen molar-refractivity contribution >= 4 is 35.1 Å². The molecule has 1 amide bonds. The lowest BCUT2D eigenvalue weighted by Gasteiger charge is -2.23. The van der Waals surface area contributed by atoms with Crippen LogP contribution in [-0.2, 0) is 4.74 Å². The number of ketones is 1. The van der Waals surface area contributed by atoms with Crippen molar-refractivity contribution in [2.24, 2.45) is 0 Å². The average Bonchev–Trinajstić information content (AvgIpc) is 2.67. The first kappa shape index (κ1) is 24.0. The van der Waals surface area contributed by atoms with Crippen molar-refractivity contribution in [3.63, 3.8) is 0 Å². The summed E-state index contributed by atoms with van der Waals surface area (Å²) in [7, 11) is 0. The molecule has 0 aliphatic carbocycles. The van der Waals surface area contributed by atoms with Crippen molar-refractivity contribution in [1.82, 2.24) is 5.32 Å². The van der Waals surface area contributed by atoms with Crippen molar-refractivity contribution in [2.45, 2.75) is 58.8 Å². The number of alkyl carbamates (subject to hydrolysis) is 1. The molecule has 0 saturated carbocycles. The number of carbonyl (C=O) groups excluding carboxylic acids is 2. The minimum absolute atomic E-state index is 0.0735. The molecular weight excluding hydrogens is 425 g/mol. The predicted octanol–water partition coefficient (Wildman–Crippen LogP) is 6.62. The number of ether oxygens (including phenoxy) is 2. The third-order valence-corrected chi connectivity index (χ3v) is 4.99. The Hall–Kier alpha value is -2.24. The summed E-state index contributed by atoms with van der Waals surface area (Å²) < 4.78 is 11.1. The Balaban J connectivity index is 2.31. The molecule has 2 aromatic carbocycles. The van der Waals surface area contributed by atoms with Crippen molar-refractivity contribution in [3.8, 4) is 5.75 Å². The highest BCUT2D eigenvalue weighted by Gasteiger charge is 2.27. The SMILES string of the molecule is CCC(C)Oc1ccc(C(=O)C(NC(=O)OC(C)(C)C)c2ccc(Cl)c(Cl)c2)cc1. The summed E-state index contributed by atoms with van der Waals surface area (Å²) >= 11 is 12.1. The molecule has 0 heterocycles. The lowest BCUT2D eigenvalue weighted by atomic mass is 9.97. The fraction of sp³-hybridized carbons (Fsp3) is 0.391. The van der Waals surface area contributed by atoms with Crippen LogP contribution in [0.15, 0.2) is 42.5 Å². The average molecular weight is 452 g/mol. The van der Waals surface area contributed by atoms with E-state index >= 15 is 0 Å². The molecule has 5 nitrogen and oxygen atoms in total. The van der Waals surface area contributed by atoms with Crippen LogP contribution in [0.5, 0.6) is 5.75 Å². The van der Waals surface area contributed by atoms with Gasteiger partial charge in [-0.2, -0.15) is 0 Å². The summed E-state index contributed by atoms with van der Waals surface area (Å²) in [6.07, 6.45) is 0.243. The number of rotatable bonds is 7. The van der Waals surface area contributed by atoms with Crippen LogP contribution in [-0.4, -0.2) is 23.6 Å². The molecule has 2 atom stereocenters. The first-order valence-electron chi connectivity index (χ1n) is 9.75. The molecule has 7 heteroatoms. The largest absolute Gasteiger partial charge is 0.491 e. The molecule has 0 bridgehead atoms. The van der Waals surface area contributed by atoms with Gasteiger partial charge in [-0.25, -0.2) is 4.79 Å². The van der Waals surface area contributed by atoms with Gasteiger partial charge in [0.15, 0.2) is 5.78 Å². The molecule has 0 fully saturated rings. The zero-order chi connectivity index (χ0) is 22.5. The van der Waals surface area contributed by atoms with Gasteiger partial charge < -0.3 is 14.8 Å². The first-order valence-corrected chi connectivity index (χ1v) is 10.5. The van der Waals surface area contributed by atoms with E-state index in [1.165, 1.54) is 0 Å². The summed E-state index contributed by atoms with van der Waals surface area (Å²) in [4.78, 5) is 25.6. The van der Waals surface area contributed by atoms with Crippen LogP contribution in [0.4, 0.5) is 4.79 Å². The van der Waals surface area contributed by atoms with Crippen molar-refractivity contribution in [2.75, 3.05) is 0 Å². The maximum absolute atomic E-state index is 13.2. The predicted molar refractivity (Wildman–Crippen MR) is 120 cm³/mol. The first-order chi connectivity index (χ1) is 14.0. The van der Waals surface area contributed by atoms with E-state index in [-0.39, 0.29) is 16.9 Å². The van der Waals surface area contributed by atoms with Crippen molar-refractivity contribution in [3.05, 3.63) is 63.6 Å². The van der Waals surface area contributed by atoms with E-state index in [2.05, 4.69) is 5.32 Å². The van der Waals surface area contributed by atoms with Gasteiger partial charge in [0.05, 0.1) is 16.1 Å². The summed E-state index contributed by atoms with van der Waals surface area (Å²) in [5.74, 6) is 0.362. The number of halogens is 2. The van der Waals surface area contributed by atoms with Gasteiger partial charge in [0.2, 0.25) is 0 Å². The topological polar surface area (TPSA) is 64.6 Å². The molecule has 0 saturated heterocycles. The number of benzene rings is 2. The molecule has 0 aliphatic heterocycles. The van der Waals surface area contributed by atoms with Crippen LogP contribution in [0, 0.1) is 0 Å². The molecule has 2 aromatic rings. The van der Waals surface area contributed by atoms with Crippen LogP contribution >= 0.6 is 23.2 Å². The van der Waals surface area contributed by atoms with Gasteiger partial charge in [-0.15, -0.1) is 0 Å². The number of hydrogen-bond acceptors (Lipinski definition) is 4. The number of hydrogen-bond donors (Lipinski definition) is 1. The fourth-order valence-corrected chi connectivity index (χ4v) is 2.90. The zero-order valence-electron chi connectivity index (χ0n) is 17.8. The fourth-order valence-electron chi connectivity index (χ4n) is 2.60. The standard InChI is InChI=1S/C23H27Cl2NO4/c1-6-14(2)29-17-10-7-15(8-11-17)21(27)20(26-22(28)30-23(3,4)5)16-9-12-18(24)19(25)13-16/h7-14,20H,6H2,1-5H3,(H,26,28). The Morgan fingerprint density at radius 2 is 1.67 bits per heavy atom. The smallest absolute Gasteiger partial charge is 0.408 e. The third kappa shape index (κ3) is 6.92. The van der Waals surface area contributed by atoms with Gasteiger partial charge in [-0.05, 0) is 76.1 Å². The Morgan fingerprint density at radius 1 is 1.03 bits per heavy atom. The second kappa shape index (κ2) is 10.2. The highest BCUT2D eigenvalue weighted by molar-refractivity contribution is 6.42. The lowest BCUT2D eigenvalue weighted by molar-refractivity contribution is 0.0490. The minimum atomic E-state index is -0.990. The number of Topliss-reactive ketones (excluding diaryl/α,β-unsaturated/α-hetero) is 1. The van der Waals surface area contributed by atoms with Gasteiger partial charge in [0.25, 0.3) is 0 Å². The summed E-state index contributed by atoms with van der Waals surface area (Å²) in [6.45, 7) is 9.26. The molecule has 0 radical (unpaired) electrons. The molecule has 30 heavy (non-hydrogen) atoms. The number of amides is 1. The number of nitrogens with one attached hydrogen (secondary N) is 1. The van der Waals surface area contributed by atoms with Crippen LogP contribution in [0.1, 0.15) is 63.0 Å². The highest BCUT2D eigenvalue weighted by Crippen LogP contribution is 2.28. The molecule has 2 rings (SSSR count). The summed E-state index contributed by atoms with van der Waals surface area (Å²) in [6, 6.07) is 10.6. The third-order valence-electron chi connectivity index (χ3n) is 4.25. The van der Waals surface area contributed by atoms with Gasteiger partial charge in [0, 0.05) is 5.56 Å². The zero-order valence-corrected chi connectivity index (χ0v) is 19.3. The molecule has 162 valence electrons. The molecule has 0 aliphatic rings. The Bertz CT molecular complexity index is 891. The normalized spacial score (nSPS) is 13.3. The van der Waals surface area contributed by atoms with Crippen LogP contribution in [0.2, 0.25) is 10.0 Å². The summed E-state index contributed by atoms with van der Waals surface area (Å²) in [5, 5.41) is 3.29. The van der Waals surface area contributed by atoms with E-state index in [4.69, 9.17) is 32.7 Å². The van der Waals surface area contributed by atoms with E-state index in [1.54, 1.807) is 63.2 Å². The molecule has 0 spiro atoms. The lowest BCUT2D eigenvalue weighted by Crippen LogP contribution is -2.38. The second-order valence-corrected chi connectivity index (χ2v) is 8.79. The van der Waals surface area contributed by atoms with Crippen LogP contribution in [0.3, 0.4) is 0 Å². The van der Waals surface area contributed by atoms with Crippen molar-refractivity contribution < 1.29 is 19.1 Å². The Morgan fingerprint density at radius 3 is 2.20 bits per heavy atom.